The summed E-state index contributed by atoms with van der Waals surface area (Å²) in [4.78, 5) is 0. The van der Waals surface area contributed by atoms with Crippen LogP contribution in [-0.2, 0) is 0 Å². The number of rotatable bonds is 9. The largest absolute Gasteiger partial charge is 0.394 e. The third-order valence-corrected chi connectivity index (χ3v) is 2.62. The smallest absolute Gasteiger partial charge is 0.0894 e. The molecule has 0 radical (unpaired) electrons. The molecule has 0 unspecified atom stereocenters. The van der Waals surface area contributed by atoms with Crippen LogP contribution in [0.4, 0.5) is 0 Å². The van der Waals surface area contributed by atoms with E-state index in [0.717, 1.165) is 19.4 Å². The van der Waals surface area contributed by atoms with Crippen LogP contribution in [0.25, 0.3) is 0 Å². The lowest BCUT2D eigenvalue weighted by molar-refractivity contribution is 0.0943. The van der Waals surface area contributed by atoms with Crippen molar-refractivity contribution < 1.29 is 10.2 Å². The van der Waals surface area contributed by atoms with Crippen molar-refractivity contribution in [2.45, 2.75) is 46.1 Å². The van der Waals surface area contributed by atoms with Crippen molar-refractivity contribution >= 4 is 0 Å². The van der Waals surface area contributed by atoms with E-state index in [0.29, 0.717) is 12.5 Å². The summed E-state index contributed by atoms with van der Waals surface area (Å²) >= 11 is 0. The first-order valence-electron chi connectivity index (χ1n) is 6.19. The molecule has 0 fully saturated rings. The van der Waals surface area contributed by atoms with Gasteiger partial charge in [0.1, 0.15) is 0 Å². The van der Waals surface area contributed by atoms with Gasteiger partial charge in [-0.05, 0) is 45.6 Å². The topological polar surface area (TPSA) is 52.5 Å². The van der Waals surface area contributed by atoms with Gasteiger partial charge in [0.15, 0.2) is 0 Å². The summed E-state index contributed by atoms with van der Waals surface area (Å²) < 4.78 is 0. The lowest BCUT2D eigenvalue weighted by Gasteiger charge is -2.12. The van der Waals surface area contributed by atoms with Crippen LogP contribution >= 0.6 is 0 Å². The Hall–Kier alpha value is -0.380. The zero-order valence-corrected chi connectivity index (χ0v) is 10.9. The third-order valence-electron chi connectivity index (χ3n) is 2.62. The Morgan fingerprint density at radius 3 is 2.56 bits per heavy atom. The molecule has 0 heterocycles. The minimum atomic E-state index is -0.624. The molecule has 0 aliphatic carbocycles. The second-order valence-electron chi connectivity index (χ2n) is 4.79. The van der Waals surface area contributed by atoms with Crippen molar-refractivity contribution in [3.8, 4) is 0 Å². The summed E-state index contributed by atoms with van der Waals surface area (Å²) in [6.45, 7) is 7.74. The molecule has 3 N–H and O–H groups in total. The SMILES string of the molecule is CC(C)=CCC[C@@H](C)CCNC[C@@H](O)CO. The Morgan fingerprint density at radius 1 is 1.31 bits per heavy atom. The fourth-order valence-corrected chi connectivity index (χ4v) is 1.48. The summed E-state index contributed by atoms with van der Waals surface area (Å²) in [6.07, 6.45) is 5.15. The lowest BCUT2D eigenvalue weighted by atomic mass is 10.0. The number of allylic oxidation sites excluding steroid dienone is 2. The summed E-state index contributed by atoms with van der Waals surface area (Å²) in [6, 6.07) is 0. The van der Waals surface area contributed by atoms with Crippen LogP contribution in [-0.4, -0.2) is 36.0 Å². The average Bonchev–Trinajstić information content (AvgIpc) is 2.23. The quantitative estimate of drug-likeness (QED) is 0.417. The first-order valence-corrected chi connectivity index (χ1v) is 6.19. The van der Waals surface area contributed by atoms with Crippen LogP contribution < -0.4 is 5.32 Å². The van der Waals surface area contributed by atoms with Gasteiger partial charge in [-0.25, -0.2) is 0 Å². The van der Waals surface area contributed by atoms with Crippen LogP contribution in [0.15, 0.2) is 11.6 Å². The fraction of sp³-hybridized carbons (Fsp3) is 0.846. The van der Waals surface area contributed by atoms with E-state index in [1.165, 1.54) is 12.0 Å². The van der Waals surface area contributed by atoms with Crippen LogP contribution in [0.3, 0.4) is 0 Å². The van der Waals surface area contributed by atoms with Crippen LogP contribution in [0, 0.1) is 5.92 Å². The van der Waals surface area contributed by atoms with Gasteiger partial charge in [-0.1, -0.05) is 18.6 Å². The highest BCUT2D eigenvalue weighted by molar-refractivity contribution is 4.92. The van der Waals surface area contributed by atoms with E-state index in [1.807, 2.05) is 0 Å². The zero-order valence-electron chi connectivity index (χ0n) is 10.9. The fourth-order valence-electron chi connectivity index (χ4n) is 1.48. The first-order chi connectivity index (χ1) is 7.56. The Labute approximate surface area is 99.6 Å². The molecule has 0 aliphatic rings. The van der Waals surface area contributed by atoms with E-state index in [1.54, 1.807) is 0 Å². The van der Waals surface area contributed by atoms with Crippen molar-refractivity contribution in [2.24, 2.45) is 5.92 Å². The predicted molar refractivity (Wildman–Crippen MR) is 68.4 cm³/mol. The normalized spacial score (nSPS) is 14.6. The van der Waals surface area contributed by atoms with E-state index in [4.69, 9.17) is 10.2 Å². The maximum atomic E-state index is 9.11. The van der Waals surface area contributed by atoms with Crippen molar-refractivity contribution in [1.82, 2.24) is 5.32 Å². The van der Waals surface area contributed by atoms with Gasteiger partial charge < -0.3 is 15.5 Å². The molecular weight excluding hydrogens is 202 g/mol. The molecule has 0 aromatic carbocycles. The highest BCUT2D eigenvalue weighted by atomic mass is 16.3. The predicted octanol–water partition coefficient (Wildman–Crippen LogP) is 1.70. The molecule has 0 saturated heterocycles. The maximum Gasteiger partial charge on any atom is 0.0894 e. The minimum Gasteiger partial charge on any atom is -0.394 e. The van der Waals surface area contributed by atoms with Gasteiger partial charge >= 0.3 is 0 Å². The van der Waals surface area contributed by atoms with Gasteiger partial charge in [-0.2, -0.15) is 0 Å². The van der Waals surface area contributed by atoms with Crippen LogP contribution in [0.5, 0.6) is 0 Å². The molecule has 0 spiro atoms. The van der Waals surface area contributed by atoms with Gasteiger partial charge in [0, 0.05) is 6.54 Å². The molecule has 16 heavy (non-hydrogen) atoms. The van der Waals surface area contributed by atoms with E-state index >= 15 is 0 Å². The molecule has 0 rings (SSSR count). The summed E-state index contributed by atoms with van der Waals surface area (Å²) in [5, 5.41) is 20.9. The second-order valence-corrected chi connectivity index (χ2v) is 4.79. The van der Waals surface area contributed by atoms with Crippen LogP contribution in [0.1, 0.15) is 40.0 Å². The van der Waals surface area contributed by atoms with E-state index in [2.05, 4.69) is 32.2 Å². The van der Waals surface area contributed by atoms with Crippen molar-refractivity contribution in [1.29, 1.82) is 0 Å². The second kappa shape index (κ2) is 9.82. The molecule has 3 heteroatoms. The highest BCUT2D eigenvalue weighted by Gasteiger charge is 2.03. The summed E-state index contributed by atoms with van der Waals surface area (Å²) in [5.74, 6) is 0.703. The van der Waals surface area contributed by atoms with Gasteiger partial charge in [0.05, 0.1) is 12.7 Å². The Morgan fingerprint density at radius 2 is 2.00 bits per heavy atom. The lowest BCUT2D eigenvalue weighted by Crippen LogP contribution is -2.30. The Bertz CT molecular complexity index is 188. The third kappa shape index (κ3) is 10.1. The Balaban J connectivity index is 3.37. The Kier molecular flexibility index (Phi) is 9.59. The molecule has 0 aromatic rings. The molecule has 0 saturated carbocycles. The highest BCUT2D eigenvalue weighted by Crippen LogP contribution is 2.10. The number of aliphatic hydroxyl groups excluding tert-OH is 2. The molecule has 96 valence electrons. The molecule has 0 amide bonds. The van der Waals surface area contributed by atoms with Gasteiger partial charge in [-0.15, -0.1) is 0 Å². The van der Waals surface area contributed by atoms with Gasteiger partial charge in [0.25, 0.3) is 0 Å². The molecule has 3 nitrogen and oxygen atoms in total. The van der Waals surface area contributed by atoms with Crippen molar-refractivity contribution in [2.75, 3.05) is 19.7 Å². The molecule has 0 aliphatic heterocycles. The first kappa shape index (κ1) is 15.6. The molecule has 0 aromatic heterocycles. The van der Waals surface area contributed by atoms with Crippen LogP contribution in [0.2, 0.25) is 0 Å². The molecule has 2 atom stereocenters. The number of aliphatic hydroxyl groups is 2. The van der Waals surface area contributed by atoms with Crippen molar-refractivity contribution in [3.05, 3.63) is 11.6 Å². The van der Waals surface area contributed by atoms with E-state index < -0.39 is 6.10 Å². The summed E-state index contributed by atoms with van der Waals surface area (Å²) in [5.41, 5.74) is 1.39. The van der Waals surface area contributed by atoms with Gasteiger partial charge in [0.2, 0.25) is 0 Å². The number of hydrogen-bond donors (Lipinski definition) is 3. The number of nitrogens with one attached hydrogen (secondary N) is 1. The number of hydrogen-bond acceptors (Lipinski definition) is 3. The van der Waals surface area contributed by atoms with E-state index in [-0.39, 0.29) is 6.61 Å². The van der Waals surface area contributed by atoms with Crippen molar-refractivity contribution in [3.63, 3.8) is 0 Å². The molecule has 0 bridgehead atoms. The maximum absolute atomic E-state index is 9.11. The standard InChI is InChI=1S/C13H27NO2/c1-11(2)5-4-6-12(3)7-8-14-9-13(16)10-15/h5,12-16H,4,6-10H2,1-3H3/t12-,13-/m1/s1. The minimum absolute atomic E-state index is 0.164. The molecular formula is C13H27NO2. The van der Waals surface area contributed by atoms with Gasteiger partial charge in [-0.3, -0.25) is 0 Å². The zero-order chi connectivity index (χ0) is 12.4. The van der Waals surface area contributed by atoms with E-state index in [9.17, 15) is 0 Å². The summed E-state index contributed by atoms with van der Waals surface area (Å²) in [7, 11) is 0. The monoisotopic (exact) mass is 229 g/mol. The average molecular weight is 229 g/mol.